The van der Waals surface area contributed by atoms with Crippen molar-refractivity contribution in [3.05, 3.63) is 46.0 Å². The number of anilines is 3. The molecule has 28 heavy (non-hydrogen) atoms. The van der Waals surface area contributed by atoms with E-state index in [4.69, 9.17) is 9.15 Å². The van der Waals surface area contributed by atoms with E-state index < -0.39 is 17.8 Å². The number of aromatic nitrogens is 3. The third-order valence-electron chi connectivity index (χ3n) is 3.66. The molecule has 1 aromatic carbocycles. The molecule has 0 radical (unpaired) electrons. The summed E-state index contributed by atoms with van der Waals surface area (Å²) in [6.07, 6.45) is 3.09. The first kappa shape index (κ1) is 20.0. The van der Waals surface area contributed by atoms with Crippen molar-refractivity contribution >= 4 is 45.9 Å². The van der Waals surface area contributed by atoms with Crippen molar-refractivity contribution in [2.24, 2.45) is 0 Å². The first-order valence-electron chi connectivity index (χ1n) is 8.41. The minimum atomic E-state index is -0.649. The van der Waals surface area contributed by atoms with E-state index in [0.717, 1.165) is 3.57 Å². The molecule has 146 valence electrons. The van der Waals surface area contributed by atoms with Crippen molar-refractivity contribution in [2.45, 2.75) is 19.9 Å². The van der Waals surface area contributed by atoms with Gasteiger partial charge in [0.1, 0.15) is 11.9 Å². The summed E-state index contributed by atoms with van der Waals surface area (Å²) in [6.45, 7) is 3.63. The van der Waals surface area contributed by atoms with Crippen LogP contribution in [0.25, 0.3) is 11.5 Å². The van der Waals surface area contributed by atoms with Gasteiger partial charge in [0.25, 0.3) is 5.89 Å². The van der Waals surface area contributed by atoms with E-state index in [2.05, 4.69) is 25.8 Å². The highest BCUT2D eigenvalue weighted by atomic mass is 127. The molecule has 2 N–H and O–H groups in total. The van der Waals surface area contributed by atoms with Crippen LogP contribution in [0.5, 0.6) is 0 Å². The highest BCUT2D eigenvalue weighted by Crippen LogP contribution is 2.30. The zero-order valence-corrected chi connectivity index (χ0v) is 17.2. The molecule has 3 rings (SSSR count). The summed E-state index contributed by atoms with van der Waals surface area (Å²) < 4.78 is 25.5. The van der Waals surface area contributed by atoms with Gasteiger partial charge in [-0.1, -0.05) is 5.10 Å². The fourth-order valence-electron chi connectivity index (χ4n) is 2.32. The van der Waals surface area contributed by atoms with Crippen molar-refractivity contribution in [1.82, 2.24) is 15.2 Å². The van der Waals surface area contributed by atoms with Crippen LogP contribution >= 0.6 is 22.6 Å². The summed E-state index contributed by atoms with van der Waals surface area (Å²) in [5.41, 5.74) is 1.33. The number of hydrogen-bond acceptors (Lipinski definition) is 8. The number of halogens is 2. The Bertz CT molecular complexity index is 981. The van der Waals surface area contributed by atoms with Crippen LogP contribution in [0, 0.1) is 9.39 Å². The molecule has 0 spiro atoms. The molecule has 2 heterocycles. The normalized spacial score (nSPS) is 11.7. The van der Waals surface area contributed by atoms with Crippen LogP contribution in [0.1, 0.15) is 13.8 Å². The predicted molar refractivity (Wildman–Crippen MR) is 110 cm³/mol. The Kier molecular flexibility index (Phi) is 6.39. The second-order valence-electron chi connectivity index (χ2n) is 5.70. The molecule has 0 amide bonds. The fourth-order valence-corrected chi connectivity index (χ4v) is 2.77. The average molecular weight is 497 g/mol. The van der Waals surface area contributed by atoms with Crippen LogP contribution in [-0.2, 0) is 9.53 Å². The lowest BCUT2D eigenvalue weighted by Crippen LogP contribution is -2.28. The van der Waals surface area contributed by atoms with Gasteiger partial charge in [-0.2, -0.15) is 0 Å². The molecule has 10 heteroatoms. The Hall–Kier alpha value is -2.76. The maximum absolute atomic E-state index is 14.2. The number of esters is 1. The second-order valence-corrected chi connectivity index (χ2v) is 6.95. The number of ether oxygens (including phenoxy) is 1. The van der Waals surface area contributed by atoms with Crippen LogP contribution in [0.15, 0.2) is 41.1 Å². The molecular weight excluding hydrogens is 480 g/mol. The molecule has 8 nitrogen and oxygen atoms in total. The smallest absolute Gasteiger partial charge is 0.328 e. The van der Waals surface area contributed by atoms with Gasteiger partial charge in [0.15, 0.2) is 0 Å². The lowest BCUT2D eigenvalue weighted by atomic mass is 10.2. The molecule has 0 aliphatic heterocycles. The van der Waals surface area contributed by atoms with Gasteiger partial charge in [0.2, 0.25) is 0 Å². The van der Waals surface area contributed by atoms with Crippen molar-refractivity contribution in [3.63, 3.8) is 0 Å². The maximum atomic E-state index is 14.2. The van der Waals surface area contributed by atoms with Crippen molar-refractivity contribution < 1.29 is 18.3 Å². The number of pyridine rings is 1. The van der Waals surface area contributed by atoms with Crippen LogP contribution in [0.2, 0.25) is 0 Å². The van der Waals surface area contributed by atoms with E-state index >= 15 is 0 Å². The van der Waals surface area contributed by atoms with Gasteiger partial charge >= 0.3 is 12.0 Å². The minimum absolute atomic E-state index is 0.0683. The van der Waals surface area contributed by atoms with Gasteiger partial charge in [-0.25, -0.2) is 9.18 Å². The molecule has 3 aromatic rings. The molecule has 0 aliphatic rings. The molecule has 0 saturated carbocycles. The summed E-state index contributed by atoms with van der Waals surface area (Å²) in [7, 11) is 0. The quantitative estimate of drug-likeness (QED) is 0.374. The zero-order chi connectivity index (χ0) is 20.1. The van der Waals surface area contributed by atoms with Gasteiger partial charge in [-0.3, -0.25) is 4.98 Å². The largest absolute Gasteiger partial charge is 0.464 e. The van der Waals surface area contributed by atoms with E-state index in [0.29, 0.717) is 16.9 Å². The highest BCUT2D eigenvalue weighted by molar-refractivity contribution is 14.1. The maximum Gasteiger partial charge on any atom is 0.328 e. The van der Waals surface area contributed by atoms with Crippen LogP contribution < -0.4 is 10.6 Å². The second kappa shape index (κ2) is 8.95. The lowest BCUT2D eigenvalue weighted by Gasteiger charge is -2.11. The van der Waals surface area contributed by atoms with Crippen molar-refractivity contribution in [2.75, 3.05) is 17.2 Å². The summed E-state index contributed by atoms with van der Waals surface area (Å²) in [5.74, 6) is -0.630. The van der Waals surface area contributed by atoms with Crippen LogP contribution in [0.4, 0.5) is 21.8 Å². The molecule has 0 fully saturated rings. The summed E-state index contributed by atoms with van der Waals surface area (Å²) in [4.78, 5) is 15.8. The van der Waals surface area contributed by atoms with Crippen LogP contribution in [-0.4, -0.2) is 33.8 Å². The Morgan fingerprint density at radius 3 is 2.89 bits per heavy atom. The third kappa shape index (κ3) is 4.74. The molecular formula is C18H17FIN5O3. The van der Waals surface area contributed by atoms with Crippen LogP contribution in [0.3, 0.4) is 0 Å². The summed E-state index contributed by atoms with van der Waals surface area (Å²) in [5, 5.41) is 13.7. The molecule has 0 bridgehead atoms. The predicted octanol–water partition coefficient (Wildman–Crippen LogP) is 3.98. The highest BCUT2D eigenvalue weighted by Gasteiger charge is 2.19. The zero-order valence-electron chi connectivity index (χ0n) is 15.1. The Morgan fingerprint density at radius 2 is 2.14 bits per heavy atom. The first-order valence-corrected chi connectivity index (χ1v) is 9.49. The molecule has 0 saturated heterocycles. The number of benzene rings is 1. The number of carbonyl (C=O) groups is 1. The molecule has 2 aromatic heterocycles. The Balaban J connectivity index is 1.81. The monoisotopic (exact) mass is 497 g/mol. The summed E-state index contributed by atoms with van der Waals surface area (Å²) >= 11 is 2.04. The van der Waals surface area contributed by atoms with E-state index in [1.807, 2.05) is 22.6 Å². The molecule has 1 atom stereocenters. The number of nitrogens with one attached hydrogen (secondary N) is 2. The SMILES string of the molecule is CCOC(=O)C(C)Nc1nnc(-c2ccncc2Nc2ccc(I)cc2F)o1. The third-order valence-corrected chi connectivity index (χ3v) is 4.33. The Morgan fingerprint density at radius 1 is 1.32 bits per heavy atom. The van der Waals surface area contributed by atoms with Crippen molar-refractivity contribution in [1.29, 1.82) is 0 Å². The first-order chi connectivity index (χ1) is 13.5. The van der Waals surface area contributed by atoms with E-state index in [-0.39, 0.29) is 18.5 Å². The number of nitrogens with zero attached hydrogens (tertiary/aromatic N) is 3. The number of rotatable bonds is 7. The molecule has 1 unspecified atom stereocenters. The Labute approximate surface area is 174 Å². The number of carbonyl (C=O) groups excluding carboxylic acids is 1. The van der Waals surface area contributed by atoms with Crippen molar-refractivity contribution in [3.8, 4) is 11.5 Å². The van der Waals surface area contributed by atoms with Gasteiger partial charge in [-0.05, 0) is 60.7 Å². The minimum Gasteiger partial charge on any atom is -0.464 e. The van der Waals surface area contributed by atoms with Gasteiger partial charge in [0, 0.05) is 9.77 Å². The van der Waals surface area contributed by atoms with E-state index in [9.17, 15) is 9.18 Å². The molecule has 0 aliphatic carbocycles. The number of hydrogen-bond donors (Lipinski definition) is 2. The summed E-state index contributed by atoms with van der Waals surface area (Å²) in [6, 6.07) is 5.93. The van der Waals surface area contributed by atoms with Gasteiger partial charge in [0.05, 0.1) is 29.7 Å². The van der Waals surface area contributed by atoms with Gasteiger partial charge in [-0.15, -0.1) is 5.10 Å². The van der Waals surface area contributed by atoms with Gasteiger partial charge < -0.3 is 19.8 Å². The average Bonchev–Trinajstić information content (AvgIpc) is 3.13. The topological polar surface area (TPSA) is 102 Å². The van der Waals surface area contributed by atoms with E-state index in [1.54, 1.807) is 38.2 Å². The van der Waals surface area contributed by atoms with E-state index in [1.165, 1.54) is 12.3 Å². The standard InChI is InChI=1S/C18H17FIN5O3/c1-3-27-17(26)10(2)22-18-25-24-16(28-18)12-6-7-21-9-15(12)23-14-5-4-11(20)8-13(14)19/h4-10,23H,3H2,1-2H3,(H,22,25). The lowest BCUT2D eigenvalue weighted by molar-refractivity contribution is -0.143. The fraction of sp³-hybridized carbons (Fsp3) is 0.222.